The first-order valence-electron chi connectivity index (χ1n) is 2.89. The lowest BCUT2D eigenvalue weighted by Gasteiger charge is -1.85. The van der Waals surface area contributed by atoms with Crippen LogP contribution in [0.5, 0.6) is 0 Å². The highest BCUT2D eigenvalue weighted by Gasteiger charge is 1.89. The van der Waals surface area contributed by atoms with E-state index in [2.05, 4.69) is 0 Å². The molecule has 0 amide bonds. The van der Waals surface area contributed by atoms with Gasteiger partial charge in [-0.15, -0.1) is 11.3 Å². The van der Waals surface area contributed by atoms with E-state index in [0.29, 0.717) is 6.42 Å². The van der Waals surface area contributed by atoms with E-state index in [0.717, 1.165) is 12.7 Å². The third kappa shape index (κ3) is 2.75. The molecule has 1 rings (SSSR count). The summed E-state index contributed by atoms with van der Waals surface area (Å²) < 4.78 is 0. The molecule has 0 saturated carbocycles. The highest BCUT2D eigenvalue weighted by molar-refractivity contribution is 7.09. The zero-order chi connectivity index (χ0) is 6.53. The Labute approximate surface area is 63.8 Å². The van der Waals surface area contributed by atoms with Crippen LogP contribution >= 0.6 is 11.3 Å². The van der Waals surface area contributed by atoms with Crippen LogP contribution in [0.15, 0.2) is 17.5 Å². The number of aryl methyl sites for hydroxylation is 1. The highest BCUT2D eigenvalue weighted by atomic mass is 32.1. The summed E-state index contributed by atoms with van der Waals surface area (Å²) in [5.41, 5.74) is 0. The maximum absolute atomic E-state index is 9.90. The van der Waals surface area contributed by atoms with Crippen LogP contribution in [0.4, 0.5) is 0 Å². The molecular formula is C7H10O2S. The second-order valence-electron chi connectivity index (χ2n) is 1.78. The van der Waals surface area contributed by atoms with Crippen molar-refractivity contribution < 1.29 is 10.3 Å². The minimum absolute atomic E-state index is 0. The van der Waals surface area contributed by atoms with Crippen molar-refractivity contribution in [2.75, 3.05) is 0 Å². The predicted molar refractivity (Wildman–Crippen MR) is 42.3 cm³/mol. The van der Waals surface area contributed by atoms with E-state index in [1.54, 1.807) is 11.3 Å². The quantitative estimate of drug-likeness (QED) is 0.606. The zero-order valence-corrected chi connectivity index (χ0v) is 6.36. The number of rotatable bonds is 3. The van der Waals surface area contributed by atoms with Gasteiger partial charge in [0.15, 0.2) is 0 Å². The van der Waals surface area contributed by atoms with Gasteiger partial charge >= 0.3 is 0 Å². The Kier molecular flexibility index (Phi) is 4.80. The molecule has 1 aromatic heterocycles. The van der Waals surface area contributed by atoms with Gasteiger partial charge in [0.2, 0.25) is 0 Å². The summed E-state index contributed by atoms with van der Waals surface area (Å²) in [4.78, 5) is 11.2. The summed E-state index contributed by atoms with van der Waals surface area (Å²) in [6, 6.07) is 4.05. The van der Waals surface area contributed by atoms with Crippen molar-refractivity contribution >= 4 is 17.6 Å². The molecule has 1 aromatic rings. The SMILES string of the molecule is O.O=CCCc1cccs1. The third-order valence-corrected chi connectivity index (χ3v) is 2.02. The van der Waals surface area contributed by atoms with Gasteiger partial charge in [-0.1, -0.05) is 6.07 Å². The topological polar surface area (TPSA) is 48.6 Å². The van der Waals surface area contributed by atoms with Gasteiger partial charge in [0.05, 0.1) is 0 Å². The van der Waals surface area contributed by atoms with Crippen LogP contribution in [0, 0.1) is 0 Å². The van der Waals surface area contributed by atoms with Crippen molar-refractivity contribution in [3.8, 4) is 0 Å². The Balaban J connectivity index is 0.000000810. The molecule has 0 atom stereocenters. The fraction of sp³-hybridized carbons (Fsp3) is 0.286. The molecule has 0 aromatic carbocycles. The van der Waals surface area contributed by atoms with Crippen molar-refractivity contribution in [3.63, 3.8) is 0 Å². The van der Waals surface area contributed by atoms with Gasteiger partial charge < -0.3 is 10.3 Å². The van der Waals surface area contributed by atoms with E-state index in [1.165, 1.54) is 4.88 Å². The normalized spacial score (nSPS) is 8.40. The van der Waals surface area contributed by atoms with Crippen LogP contribution in [-0.2, 0) is 11.2 Å². The molecule has 0 radical (unpaired) electrons. The van der Waals surface area contributed by atoms with E-state index < -0.39 is 0 Å². The van der Waals surface area contributed by atoms with Crippen molar-refractivity contribution in [1.29, 1.82) is 0 Å². The van der Waals surface area contributed by atoms with Crippen LogP contribution in [0.25, 0.3) is 0 Å². The van der Waals surface area contributed by atoms with E-state index in [4.69, 9.17) is 0 Å². The average molecular weight is 158 g/mol. The predicted octanol–water partition coefficient (Wildman–Crippen LogP) is 1.05. The summed E-state index contributed by atoms with van der Waals surface area (Å²) >= 11 is 1.70. The van der Waals surface area contributed by atoms with Crippen LogP contribution in [0.3, 0.4) is 0 Å². The van der Waals surface area contributed by atoms with Gasteiger partial charge in [0, 0.05) is 11.3 Å². The molecule has 2 nitrogen and oxygen atoms in total. The smallest absolute Gasteiger partial charge is 0.120 e. The number of carbonyl (C=O) groups excluding carboxylic acids is 1. The lowest BCUT2D eigenvalue weighted by molar-refractivity contribution is -0.107. The molecule has 0 bridgehead atoms. The maximum atomic E-state index is 9.90. The summed E-state index contributed by atoms with van der Waals surface area (Å²) in [7, 11) is 0. The lowest BCUT2D eigenvalue weighted by Crippen LogP contribution is -1.78. The van der Waals surface area contributed by atoms with Crippen molar-refractivity contribution in [2.24, 2.45) is 0 Å². The molecular weight excluding hydrogens is 148 g/mol. The molecule has 56 valence electrons. The van der Waals surface area contributed by atoms with Gasteiger partial charge in [0.1, 0.15) is 6.29 Å². The van der Waals surface area contributed by atoms with Gasteiger partial charge in [-0.25, -0.2) is 0 Å². The summed E-state index contributed by atoms with van der Waals surface area (Å²) in [5.74, 6) is 0. The van der Waals surface area contributed by atoms with Crippen LogP contribution in [0.1, 0.15) is 11.3 Å². The van der Waals surface area contributed by atoms with Crippen LogP contribution in [0.2, 0.25) is 0 Å². The molecule has 0 aliphatic heterocycles. The maximum Gasteiger partial charge on any atom is 0.120 e. The number of thiophene rings is 1. The fourth-order valence-electron chi connectivity index (χ4n) is 0.656. The van der Waals surface area contributed by atoms with Crippen molar-refractivity contribution in [3.05, 3.63) is 22.4 Å². The zero-order valence-electron chi connectivity index (χ0n) is 5.54. The molecule has 2 N–H and O–H groups in total. The molecule has 3 heteroatoms. The first-order chi connectivity index (χ1) is 4.43. The molecule has 0 spiro atoms. The van der Waals surface area contributed by atoms with Gasteiger partial charge in [-0.3, -0.25) is 0 Å². The molecule has 1 heterocycles. The summed E-state index contributed by atoms with van der Waals surface area (Å²) in [6.07, 6.45) is 2.52. The molecule has 0 saturated heterocycles. The molecule has 10 heavy (non-hydrogen) atoms. The first kappa shape index (κ1) is 9.33. The van der Waals surface area contributed by atoms with Crippen LogP contribution in [-0.4, -0.2) is 11.8 Å². The average Bonchev–Trinajstić information content (AvgIpc) is 2.34. The standard InChI is InChI=1S/C7H8OS.H2O/c8-5-1-3-7-4-2-6-9-7;/h2,4-6H,1,3H2;1H2. The Morgan fingerprint density at radius 1 is 1.60 bits per heavy atom. The number of hydrogen-bond donors (Lipinski definition) is 0. The minimum atomic E-state index is 0. The van der Waals surface area contributed by atoms with Gasteiger partial charge in [-0.05, 0) is 17.9 Å². The Bertz CT molecular complexity index is 170. The minimum Gasteiger partial charge on any atom is -0.412 e. The summed E-state index contributed by atoms with van der Waals surface area (Å²) in [6.45, 7) is 0. The fourth-order valence-corrected chi connectivity index (χ4v) is 1.38. The van der Waals surface area contributed by atoms with E-state index in [9.17, 15) is 4.79 Å². The monoisotopic (exact) mass is 158 g/mol. The van der Waals surface area contributed by atoms with Gasteiger partial charge in [-0.2, -0.15) is 0 Å². The molecule has 0 aliphatic carbocycles. The molecule has 0 unspecified atom stereocenters. The van der Waals surface area contributed by atoms with Gasteiger partial charge in [0.25, 0.3) is 0 Å². The Morgan fingerprint density at radius 3 is 2.90 bits per heavy atom. The van der Waals surface area contributed by atoms with Crippen LogP contribution < -0.4 is 0 Å². The third-order valence-electron chi connectivity index (χ3n) is 1.09. The van der Waals surface area contributed by atoms with Crippen molar-refractivity contribution in [1.82, 2.24) is 0 Å². The largest absolute Gasteiger partial charge is 0.412 e. The second kappa shape index (κ2) is 5.14. The lowest BCUT2D eigenvalue weighted by atomic mass is 10.3. The Morgan fingerprint density at radius 2 is 2.40 bits per heavy atom. The van der Waals surface area contributed by atoms with E-state index in [1.807, 2.05) is 17.5 Å². The molecule has 0 fully saturated rings. The first-order valence-corrected chi connectivity index (χ1v) is 3.77. The van der Waals surface area contributed by atoms with E-state index >= 15 is 0 Å². The molecule has 0 aliphatic rings. The van der Waals surface area contributed by atoms with Crippen molar-refractivity contribution in [2.45, 2.75) is 12.8 Å². The number of hydrogen-bond acceptors (Lipinski definition) is 2. The van der Waals surface area contributed by atoms with E-state index in [-0.39, 0.29) is 5.48 Å². The second-order valence-corrected chi connectivity index (χ2v) is 2.82. The Hall–Kier alpha value is -0.670. The number of aldehydes is 1. The summed E-state index contributed by atoms with van der Waals surface area (Å²) in [5, 5.41) is 2.03. The number of carbonyl (C=O) groups is 1. The highest BCUT2D eigenvalue weighted by Crippen LogP contribution is 2.09.